The summed E-state index contributed by atoms with van der Waals surface area (Å²) in [7, 11) is 1.38. The number of hydrogen-bond acceptors (Lipinski definition) is 10. The van der Waals surface area contributed by atoms with Crippen molar-refractivity contribution >= 4 is 56.0 Å². The van der Waals surface area contributed by atoms with Crippen LogP contribution in [0.1, 0.15) is 41.0 Å². The Balaban J connectivity index is 1.13. The highest BCUT2D eigenvalue weighted by molar-refractivity contribution is 7.21. The molecule has 0 aliphatic carbocycles. The predicted molar refractivity (Wildman–Crippen MR) is 170 cm³/mol. The summed E-state index contributed by atoms with van der Waals surface area (Å²) in [5.41, 5.74) is 9.85. The maximum absolute atomic E-state index is 13.8. The highest BCUT2D eigenvalue weighted by Crippen LogP contribution is 2.39. The Morgan fingerprint density at radius 2 is 2.02 bits per heavy atom. The Kier molecular flexibility index (Phi) is 7.73. The van der Waals surface area contributed by atoms with Gasteiger partial charge in [-0.05, 0) is 62.5 Å². The van der Waals surface area contributed by atoms with Gasteiger partial charge in [-0.25, -0.2) is 14.3 Å². The van der Waals surface area contributed by atoms with E-state index in [1.54, 1.807) is 9.42 Å². The molecule has 1 aromatic carbocycles. The van der Waals surface area contributed by atoms with Crippen molar-refractivity contribution in [1.29, 1.82) is 0 Å². The fraction of sp³-hybridized carbons (Fsp3) is 0.419. The van der Waals surface area contributed by atoms with E-state index in [1.807, 2.05) is 30.3 Å². The molecule has 2 fully saturated rings. The molecule has 3 aromatic heterocycles. The summed E-state index contributed by atoms with van der Waals surface area (Å²) in [5, 5.41) is 12.2. The first kappa shape index (κ1) is 28.4. The Labute approximate surface area is 258 Å². The van der Waals surface area contributed by atoms with Crippen molar-refractivity contribution < 1.29 is 19.1 Å². The van der Waals surface area contributed by atoms with Crippen molar-refractivity contribution in [2.45, 2.75) is 37.8 Å². The van der Waals surface area contributed by atoms with E-state index in [0.717, 1.165) is 72.4 Å². The standard InChI is InChI=1S/C31H36N8O4S/c1-42-31(41)38-14-10-19(16-38)23-15-24(26-29(32)34-18-35-39(23)26)37-13-4-5-20(17-37)36-30(40)28-27(43-21-8-11-33-12-9-21)22-6-2-3-7-25(22)44-28/h2-3,6-7,10,15,18,20-21,33H,4-5,8-9,11-14,16-17H2,1H3,(H,36,40)(H2,32,34,35)/t20-/m1/s1. The number of aromatic nitrogens is 3. The summed E-state index contributed by atoms with van der Waals surface area (Å²) in [6.45, 7) is 4.13. The number of nitrogen functional groups attached to an aromatic ring is 1. The highest BCUT2D eigenvalue weighted by Gasteiger charge is 2.30. The molecule has 0 saturated carbocycles. The van der Waals surface area contributed by atoms with Crippen molar-refractivity contribution in [3.05, 3.63) is 53.3 Å². The fourth-order valence-corrected chi connectivity index (χ4v) is 7.50. The molecule has 0 radical (unpaired) electrons. The van der Waals surface area contributed by atoms with Crippen LogP contribution in [-0.2, 0) is 4.74 Å². The molecule has 0 bridgehead atoms. The molecular weight excluding hydrogens is 580 g/mol. The number of carbonyl (C=O) groups is 2. The Hall–Kier alpha value is -4.36. The molecule has 1 atom stereocenters. The van der Waals surface area contributed by atoms with Crippen molar-refractivity contribution in [3.63, 3.8) is 0 Å². The van der Waals surface area contributed by atoms with Crippen molar-refractivity contribution in [3.8, 4) is 5.75 Å². The number of amides is 2. The third-order valence-corrected chi connectivity index (χ3v) is 9.82. The monoisotopic (exact) mass is 616 g/mol. The topological polar surface area (TPSA) is 139 Å². The van der Waals surface area contributed by atoms with E-state index < -0.39 is 0 Å². The molecule has 4 N–H and O–H groups in total. The number of nitrogens with one attached hydrogen (secondary N) is 2. The molecule has 3 aliphatic rings. The average molecular weight is 617 g/mol. The number of fused-ring (bicyclic) bond motifs is 2. The van der Waals surface area contributed by atoms with Gasteiger partial charge in [0, 0.05) is 35.8 Å². The molecule has 44 heavy (non-hydrogen) atoms. The molecular formula is C31H36N8O4S. The summed E-state index contributed by atoms with van der Waals surface area (Å²) in [6, 6.07) is 10.1. The molecule has 2 saturated heterocycles. The maximum Gasteiger partial charge on any atom is 0.410 e. The molecule has 230 valence electrons. The van der Waals surface area contributed by atoms with Crippen molar-refractivity contribution in [2.75, 3.05) is 57.0 Å². The highest BCUT2D eigenvalue weighted by atomic mass is 32.1. The van der Waals surface area contributed by atoms with Gasteiger partial charge in [-0.3, -0.25) is 4.79 Å². The van der Waals surface area contributed by atoms with Crippen LogP contribution in [0.2, 0.25) is 0 Å². The number of methoxy groups -OCH3 is 1. The number of nitrogens with zero attached hydrogens (tertiary/aromatic N) is 5. The molecule has 0 spiro atoms. The molecule has 3 aliphatic heterocycles. The fourth-order valence-electron chi connectivity index (χ4n) is 6.46. The van der Waals surface area contributed by atoms with Gasteiger partial charge in [-0.2, -0.15) is 5.10 Å². The van der Waals surface area contributed by atoms with E-state index in [4.69, 9.17) is 15.2 Å². The minimum Gasteiger partial charge on any atom is -0.488 e. The van der Waals surface area contributed by atoms with Gasteiger partial charge < -0.3 is 35.6 Å². The van der Waals surface area contributed by atoms with Crippen LogP contribution in [0.25, 0.3) is 21.2 Å². The van der Waals surface area contributed by atoms with E-state index in [0.29, 0.717) is 41.6 Å². The number of ether oxygens (including phenoxy) is 2. The summed E-state index contributed by atoms with van der Waals surface area (Å²) in [4.78, 5) is 34.7. The van der Waals surface area contributed by atoms with Gasteiger partial charge in [-0.15, -0.1) is 11.3 Å². The maximum atomic E-state index is 13.8. The van der Waals surface area contributed by atoms with Gasteiger partial charge in [-0.1, -0.05) is 18.2 Å². The number of rotatable bonds is 6. The number of anilines is 2. The van der Waals surface area contributed by atoms with Crippen LogP contribution in [0.5, 0.6) is 5.75 Å². The number of carbonyl (C=O) groups excluding carboxylic acids is 2. The smallest absolute Gasteiger partial charge is 0.410 e. The first-order chi connectivity index (χ1) is 21.5. The van der Waals surface area contributed by atoms with Crippen molar-refractivity contribution in [1.82, 2.24) is 30.1 Å². The number of hydrogen-bond donors (Lipinski definition) is 3. The van der Waals surface area contributed by atoms with Crippen molar-refractivity contribution in [2.24, 2.45) is 0 Å². The van der Waals surface area contributed by atoms with Crippen LogP contribution in [0.3, 0.4) is 0 Å². The van der Waals surface area contributed by atoms with Crippen LogP contribution >= 0.6 is 11.3 Å². The lowest BCUT2D eigenvalue weighted by Gasteiger charge is -2.34. The second kappa shape index (κ2) is 12.0. The second-order valence-corrected chi connectivity index (χ2v) is 12.5. The molecule has 13 heteroatoms. The average Bonchev–Trinajstić information content (AvgIpc) is 3.78. The minimum absolute atomic E-state index is 0.0713. The van der Waals surface area contributed by atoms with Crippen LogP contribution in [-0.4, -0.2) is 90.0 Å². The van der Waals surface area contributed by atoms with Crippen LogP contribution in [0.4, 0.5) is 16.3 Å². The zero-order valence-corrected chi connectivity index (χ0v) is 25.4. The van der Waals surface area contributed by atoms with Gasteiger partial charge in [0.1, 0.15) is 22.8 Å². The van der Waals surface area contributed by atoms with E-state index in [2.05, 4.69) is 31.7 Å². The van der Waals surface area contributed by atoms with Gasteiger partial charge >= 0.3 is 6.09 Å². The Bertz CT molecular complexity index is 1740. The van der Waals surface area contributed by atoms with Crippen LogP contribution in [0.15, 0.2) is 42.7 Å². The summed E-state index contributed by atoms with van der Waals surface area (Å²) >= 11 is 1.49. The third-order valence-electron chi connectivity index (χ3n) is 8.67. The van der Waals surface area contributed by atoms with E-state index >= 15 is 0 Å². The summed E-state index contributed by atoms with van der Waals surface area (Å²) < 4.78 is 14.3. The third kappa shape index (κ3) is 5.30. The molecule has 2 amide bonds. The first-order valence-electron chi connectivity index (χ1n) is 15.1. The Morgan fingerprint density at radius 1 is 1.18 bits per heavy atom. The molecule has 6 heterocycles. The quantitative estimate of drug-likeness (QED) is 0.297. The molecule has 4 aromatic rings. The number of thiophene rings is 1. The van der Waals surface area contributed by atoms with E-state index in [1.165, 1.54) is 24.8 Å². The largest absolute Gasteiger partial charge is 0.488 e. The SMILES string of the molecule is COC(=O)N1CC=C(c2cc(N3CCC[C@@H](NC(=O)c4sc5ccccc5c4OC4CCNCC4)C3)c3c(N)ncnn23)C1. The molecule has 7 rings (SSSR count). The van der Waals surface area contributed by atoms with Gasteiger partial charge in [0.2, 0.25) is 0 Å². The second-order valence-electron chi connectivity index (χ2n) is 11.5. The zero-order chi connectivity index (χ0) is 30.2. The normalized spacial score (nSPS) is 19.4. The molecule has 12 nitrogen and oxygen atoms in total. The number of nitrogens with two attached hydrogens (primary N) is 1. The number of piperidine rings is 2. The number of benzene rings is 1. The first-order valence-corrected chi connectivity index (χ1v) is 15.9. The van der Waals surface area contributed by atoms with Gasteiger partial charge in [0.05, 0.1) is 25.0 Å². The summed E-state index contributed by atoms with van der Waals surface area (Å²) in [6.07, 6.45) is 6.76. The van der Waals surface area contributed by atoms with E-state index in [9.17, 15) is 9.59 Å². The summed E-state index contributed by atoms with van der Waals surface area (Å²) in [5.74, 6) is 0.966. The van der Waals surface area contributed by atoms with E-state index in [-0.39, 0.29) is 24.1 Å². The Morgan fingerprint density at radius 3 is 2.86 bits per heavy atom. The zero-order valence-electron chi connectivity index (χ0n) is 24.6. The lowest BCUT2D eigenvalue weighted by molar-refractivity contribution is 0.0928. The van der Waals surface area contributed by atoms with Crippen LogP contribution in [0, 0.1) is 0 Å². The van der Waals surface area contributed by atoms with Crippen LogP contribution < -0.4 is 26.0 Å². The predicted octanol–water partition coefficient (Wildman–Crippen LogP) is 3.52. The lowest BCUT2D eigenvalue weighted by atomic mass is 10.0. The van der Waals surface area contributed by atoms with Gasteiger partial charge in [0.25, 0.3) is 5.91 Å². The lowest BCUT2D eigenvalue weighted by Crippen LogP contribution is -2.47. The minimum atomic E-state index is -0.371. The molecule has 0 unspecified atom stereocenters. The van der Waals surface area contributed by atoms with Gasteiger partial charge in [0.15, 0.2) is 11.6 Å².